The van der Waals surface area contributed by atoms with Crippen LogP contribution in [0.5, 0.6) is 0 Å². The minimum absolute atomic E-state index is 0.0357. The lowest BCUT2D eigenvalue weighted by Gasteiger charge is -2.43. The summed E-state index contributed by atoms with van der Waals surface area (Å²) in [6.45, 7) is 13.6. The average Bonchev–Trinajstić information content (AvgIpc) is 3.82. The summed E-state index contributed by atoms with van der Waals surface area (Å²) in [5, 5.41) is 2.40. The molecule has 8 heteroatoms. The summed E-state index contributed by atoms with van der Waals surface area (Å²) in [6.07, 6.45) is 2.19. The highest BCUT2D eigenvalue weighted by Crippen LogP contribution is 2.45. The number of nitrogens with zero attached hydrogens (tertiary/aromatic N) is 2. The highest BCUT2D eigenvalue weighted by molar-refractivity contribution is 6.99. The molecule has 1 heterocycles. The summed E-state index contributed by atoms with van der Waals surface area (Å²) in [5.41, 5.74) is 4.02. The van der Waals surface area contributed by atoms with Crippen molar-refractivity contribution in [3.63, 3.8) is 0 Å². The van der Waals surface area contributed by atoms with Gasteiger partial charge in [0.25, 0.3) is 8.32 Å². The third-order valence-electron chi connectivity index (χ3n) is 11.1. The van der Waals surface area contributed by atoms with Gasteiger partial charge in [-0.05, 0) is 71.3 Å². The van der Waals surface area contributed by atoms with Crippen LogP contribution in [-0.4, -0.2) is 56.4 Å². The van der Waals surface area contributed by atoms with Crippen molar-refractivity contribution in [3.8, 4) is 11.1 Å². The molecule has 7 nitrogen and oxygen atoms in total. The van der Waals surface area contributed by atoms with E-state index in [4.69, 9.17) is 13.6 Å². The summed E-state index contributed by atoms with van der Waals surface area (Å²) in [7, 11) is -0.860. The molecule has 54 heavy (non-hydrogen) atoms. The molecule has 1 aromatic heterocycles. The lowest BCUT2D eigenvalue weighted by atomic mass is 9.93. The molecule has 0 spiro atoms. The zero-order chi connectivity index (χ0) is 38.5. The molecular formula is C46H54N2O5Si. The Kier molecular flexibility index (Phi) is 11.9. The SMILES string of the molecule is CCN(C(=O)OC1c2ccccc2-c2ccccc21)[C@H](C)C(=O)N(C)[C@H](c1ccco1)[C@H](C)CCCO[Si](c1ccccc1)(c1ccccc1)C(C)(C)C. The van der Waals surface area contributed by atoms with E-state index in [0.29, 0.717) is 18.9 Å². The second kappa shape index (κ2) is 16.6. The quantitative estimate of drug-likeness (QED) is 0.0838. The van der Waals surface area contributed by atoms with Crippen LogP contribution < -0.4 is 10.4 Å². The van der Waals surface area contributed by atoms with Gasteiger partial charge in [-0.2, -0.15) is 0 Å². The fourth-order valence-corrected chi connectivity index (χ4v) is 13.0. The molecule has 0 N–H and O–H groups in total. The fraction of sp³-hybridized carbons (Fsp3) is 0.348. The van der Waals surface area contributed by atoms with E-state index in [1.54, 1.807) is 18.1 Å². The van der Waals surface area contributed by atoms with E-state index in [-0.39, 0.29) is 22.9 Å². The number of carbonyl (C=O) groups excluding carboxylic acids is 2. The third-order valence-corrected chi connectivity index (χ3v) is 16.1. The Hall–Kier alpha value is -4.92. The largest absolute Gasteiger partial charge is 0.467 e. The van der Waals surface area contributed by atoms with E-state index in [9.17, 15) is 9.59 Å². The minimum atomic E-state index is -2.67. The number of ether oxygens (including phenoxy) is 1. The van der Waals surface area contributed by atoms with E-state index < -0.39 is 26.6 Å². The van der Waals surface area contributed by atoms with Gasteiger partial charge in [0.1, 0.15) is 11.8 Å². The predicted molar refractivity (Wildman–Crippen MR) is 218 cm³/mol. The van der Waals surface area contributed by atoms with Crippen molar-refractivity contribution in [1.82, 2.24) is 9.80 Å². The Bertz CT molecular complexity index is 1910. The van der Waals surface area contributed by atoms with Gasteiger partial charge in [-0.25, -0.2) is 4.79 Å². The molecule has 0 aliphatic heterocycles. The van der Waals surface area contributed by atoms with Crippen molar-refractivity contribution < 1.29 is 23.2 Å². The average molecular weight is 743 g/mol. The van der Waals surface area contributed by atoms with Gasteiger partial charge in [0, 0.05) is 31.3 Å². The van der Waals surface area contributed by atoms with Gasteiger partial charge in [-0.1, -0.05) is 137 Å². The number of benzene rings is 4. The lowest BCUT2D eigenvalue weighted by Crippen LogP contribution is -2.66. The van der Waals surface area contributed by atoms with Crippen molar-refractivity contribution in [2.75, 3.05) is 20.2 Å². The molecule has 0 radical (unpaired) electrons. The Balaban J connectivity index is 1.16. The number of amides is 2. The number of furan rings is 1. The Morgan fingerprint density at radius 3 is 1.81 bits per heavy atom. The topological polar surface area (TPSA) is 72.2 Å². The summed E-state index contributed by atoms with van der Waals surface area (Å²) in [4.78, 5) is 31.5. The maximum absolute atomic E-state index is 14.3. The molecule has 0 bridgehead atoms. The highest BCUT2D eigenvalue weighted by Gasteiger charge is 2.50. The maximum atomic E-state index is 14.3. The number of rotatable bonds is 14. The first-order chi connectivity index (χ1) is 26.0. The van der Waals surface area contributed by atoms with Crippen molar-refractivity contribution in [2.45, 2.75) is 77.6 Å². The van der Waals surface area contributed by atoms with Crippen LogP contribution in [0.4, 0.5) is 4.79 Å². The number of fused-ring (bicyclic) bond motifs is 3. The van der Waals surface area contributed by atoms with Crippen LogP contribution in [0.3, 0.4) is 0 Å². The Morgan fingerprint density at radius 1 is 0.778 bits per heavy atom. The molecule has 0 saturated carbocycles. The van der Waals surface area contributed by atoms with E-state index in [1.165, 1.54) is 15.3 Å². The van der Waals surface area contributed by atoms with Gasteiger partial charge in [-0.3, -0.25) is 9.69 Å². The molecule has 282 valence electrons. The van der Waals surface area contributed by atoms with Gasteiger partial charge in [0.2, 0.25) is 5.91 Å². The van der Waals surface area contributed by atoms with E-state index in [0.717, 1.165) is 35.1 Å². The van der Waals surface area contributed by atoms with Gasteiger partial charge in [0.15, 0.2) is 6.10 Å². The second-order valence-corrected chi connectivity index (χ2v) is 19.7. The lowest BCUT2D eigenvalue weighted by molar-refractivity contribution is -0.138. The predicted octanol–water partition coefficient (Wildman–Crippen LogP) is 9.39. The van der Waals surface area contributed by atoms with Crippen LogP contribution in [0.15, 0.2) is 132 Å². The van der Waals surface area contributed by atoms with Crippen LogP contribution in [0.25, 0.3) is 11.1 Å². The molecule has 1 aliphatic rings. The van der Waals surface area contributed by atoms with E-state index >= 15 is 0 Å². The second-order valence-electron chi connectivity index (χ2n) is 15.4. The van der Waals surface area contributed by atoms with Crippen molar-refractivity contribution in [2.24, 2.45) is 5.92 Å². The highest BCUT2D eigenvalue weighted by atomic mass is 28.4. The van der Waals surface area contributed by atoms with Crippen LogP contribution in [0, 0.1) is 5.92 Å². The van der Waals surface area contributed by atoms with Gasteiger partial charge >= 0.3 is 6.09 Å². The molecule has 0 fully saturated rings. The van der Waals surface area contributed by atoms with Crippen LogP contribution >= 0.6 is 0 Å². The molecule has 1 aliphatic carbocycles. The van der Waals surface area contributed by atoms with Crippen LogP contribution in [0.1, 0.15) is 83.4 Å². The first kappa shape index (κ1) is 38.8. The number of hydrogen-bond donors (Lipinski definition) is 0. The van der Waals surface area contributed by atoms with Gasteiger partial charge in [0.05, 0.1) is 12.3 Å². The molecular weight excluding hydrogens is 689 g/mol. The minimum Gasteiger partial charge on any atom is -0.467 e. The fourth-order valence-electron chi connectivity index (χ4n) is 8.39. The van der Waals surface area contributed by atoms with Crippen LogP contribution in [-0.2, 0) is 14.0 Å². The summed E-state index contributed by atoms with van der Waals surface area (Å²) >= 11 is 0. The Morgan fingerprint density at radius 2 is 1.31 bits per heavy atom. The number of hydrogen-bond acceptors (Lipinski definition) is 5. The van der Waals surface area contributed by atoms with Crippen molar-refractivity contribution in [3.05, 3.63) is 144 Å². The maximum Gasteiger partial charge on any atom is 0.411 e. The van der Waals surface area contributed by atoms with Crippen LogP contribution in [0.2, 0.25) is 5.04 Å². The summed E-state index contributed by atoms with van der Waals surface area (Å²) in [6, 6.07) is 40.1. The number of carbonyl (C=O) groups is 2. The van der Waals surface area contributed by atoms with Crippen molar-refractivity contribution in [1.29, 1.82) is 0 Å². The Labute approximate surface area is 322 Å². The molecule has 4 aromatic carbocycles. The van der Waals surface area contributed by atoms with Gasteiger partial charge in [-0.15, -0.1) is 0 Å². The molecule has 6 rings (SSSR count). The summed E-state index contributed by atoms with van der Waals surface area (Å²) < 4.78 is 19.4. The van der Waals surface area contributed by atoms with E-state index in [2.05, 4.69) is 100 Å². The molecule has 5 aromatic rings. The molecule has 2 amide bonds. The van der Waals surface area contributed by atoms with Gasteiger partial charge < -0.3 is 18.5 Å². The first-order valence-electron chi connectivity index (χ1n) is 19.2. The standard InChI is InChI=1S/C46H54N2O5Si/c1-8-48(45(50)53-43-39-28-17-15-26-37(39)38-27-16-18-29-40(38)43)34(3)44(49)47(7)42(41-30-20-31-51-41)33(2)21-19-32-52-54(46(4,5)6,35-22-11-9-12-23-35)36-24-13-10-14-25-36/h9-18,20,22-31,33-34,42-43H,8,19,21,32H2,1-7H3/t33-,34-,42+/m1/s1. The van der Waals surface area contributed by atoms with E-state index in [1.807, 2.05) is 62.5 Å². The zero-order valence-corrected chi connectivity index (χ0v) is 33.7. The smallest absolute Gasteiger partial charge is 0.411 e. The monoisotopic (exact) mass is 742 g/mol. The molecule has 0 unspecified atom stereocenters. The third kappa shape index (κ3) is 7.55. The zero-order valence-electron chi connectivity index (χ0n) is 32.7. The normalized spacial score (nSPS) is 14.4. The first-order valence-corrected chi connectivity index (χ1v) is 21.1. The molecule has 0 saturated heterocycles. The number of likely N-dealkylation sites (N-methyl/N-ethyl adjacent to an activating group) is 2. The molecule has 3 atom stereocenters. The summed E-state index contributed by atoms with van der Waals surface area (Å²) in [5.74, 6) is 0.564. The van der Waals surface area contributed by atoms with Crippen molar-refractivity contribution >= 4 is 30.7 Å².